The third-order valence-corrected chi connectivity index (χ3v) is 7.54. The number of hydrogen-bond donors (Lipinski definition) is 2. The number of oxazole rings is 1. The van der Waals surface area contributed by atoms with Crippen molar-refractivity contribution >= 4 is 17.4 Å². The zero-order chi connectivity index (χ0) is 25.9. The Morgan fingerprint density at radius 2 is 1.92 bits per heavy atom. The van der Waals surface area contributed by atoms with Crippen molar-refractivity contribution in [2.75, 3.05) is 17.2 Å². The van der Waals surface area contributed by atoms with E-state index in [0.29, 0.717) is 35.7 Å². The van der Waals surface area contributed by atoms with Crippen molar-refractivity contribution in [3.05, 3.63) is 42.2 Å². The highest BCUT2D eigenvalue weighted by Crippen LogP contribution is 2.35. The lowest BCUT2D eigenvalue weighted by Crippen LogP contribution is -2.22. The van der Waals surface area contributed by atoms with Gasteiger partial charge in [0.15, 0.2) is 11.4 Å². The van der Waals surface area contributed by atoms with Crippen molar-refractivity contribution in [1.82, 2.24) is 19.7 Å². The van der Waals surface area contributed by atoms with Gasteiger partial charge in [-0.15, -0.1) is 0 Å². The van der Waals surface area contributed by atoms with Crippen LogP contribution in [-0.2, 0) is 6.54 Å². The van der Waals surface area contributed by atoms with E-state index in [9.17, 15) is 13.6 Å². The molecule has 2 aliphatic rings. The molecule has 2 aliphatic carbocycles. The van der Waals surface area contributed by atoms with E-state index in [4.69, 9.17) is 4.42 Å². The van der Waals surface area contributed by atoms with E-state index < -0.39 is 18.0 Å². The molecule has 2 saturated carbocycles. The van der Waals surface area contributed by atoms with Gasteiger partial charge >= 0.3 is 0 Å². The molecule has 0 atom stereocenters. The van der Waals surface area contributed by atoms with Crippen LogP contribution < -0.4 is 10.6 Å². The highest BCUT2D eigenvalue weighted by atomic mass is 19.3. The van der Waals surface area contributed by atoms with Gasteiger partial charge < -0.3 is 15.1 Å². The third-order valence-electron chi connectivity index (χ3n) is 7.54. The maximum atomic E-state index is 13.7. The van der Waals surface area contributed by atoms with Gasteiger partial charge in [-0.1, -0.05) is 13.8 Å². The molecule has 3 aromatic heterocycles. The molecule has 1 amide bonds. The van der Waals surface area contributed by atoms with E-state index >= 15 is 0 Å². The summed E-state index contributed by atoms with van der Waals surface area (Å²) in [5.74, 6) is 2.82. The molecule has 0 aliphatic heterocycles. The molecule has 3 aromatic rings. The minimum atomic E-state index is -2.81. The molecular weight excluding hydrogens is 478 g/mol. The Bertz CT molecular complexity index is 1210. The van der Waals surface area contributed by atoms with Gasteiger partial charge in [0.2, 0.25) is 5.89 Å². The van der Waals surface area contributed by atoms with Crippen LogP contribution in [0.25, 0.3) is 11.5 Å². The molecule has 0 spiro atoms. The van der Waals surface area contributed by atoms with Crippen molar-refractivity contribution in [2.45, 2.75) is 65.3 Å². The Morgan fingerprint density at radius 3 is 2.62 bits per heavy atom. The number of hydrogen-bond acceptors (Lipinski definition) is 6. The first-order valence-corrected chi connectivity index (χ1v) is 13.2. The second-order valence-corrected chi connectivity index (χ2v) is 10.7. The molecule has 5 rings (SSSR count). The van der Waals surface area contributed by atoms with Gasteiger partial charge in [-0.05, 0) is 74.3 Å². The van der Waals surface area contributed by atoms with Crippen LogP contribution >= 0.6 is 0 Å². The van der Waals surface area contributed by atoms with Crippen molar-refractivity contribution in [3.8, 4) is 11.5 Å². The van der Waals surface area contributed by atoms with Crippen LogP contribution in [-0.4, -0.2) is 32.2 Å². The zero-order valence-corrected chi connectivity index (χ0v) is 21.3. The van der Waals surface area contributed by atoms with Gasteiger partial charge in [0, 0.05) is 31.0 Å². The van der Waals surface area contributed by atoms with Gasteiger partial charge in [0.05, 0.1) is 5.69 Å². The Morgan fingerprint density at radius 1 is 1.16 bits per heavy atom. The quantitative estimate of drug-likeness (QED) is 0.326. The summed E-state index contributed by atoms with van der Waals surface area (Å²) in [4.78, 5) is 21.4. The van der Waals surface area contributed by atoms with Gasteiger partial charge in [0.1, 0.15) is 12.1 Å². The number of anilines is 2. The maximum absolute atomic E-state index is 13.7. The lowest BCUT2D eigenvalue weighted by Gasteiger charge is -2.30. The summed E-state index contributed by atoms with van der Waals surface area (Å²) in [7, 11) is 0. The van der Waals surface area contributed by atoms with Crippen LogP contribution in [0.4, 0.5) is 20.3 Å². The largest absolute Gasteiger partial charge is 0.444 e. The molecule has 8 nitrogen and oxygen atoms in total. The van der Waals surface area contributed by atoms with Crippen molar-refractivity contribution < 1.29 is 18.0 Å². The highest BCUT2D eigenvalue weighted by molar-refractivity contribution is 6.03. The van der Waals surface area contributed by atoms with E-state index in [0.717, 1.165) is 38.1 Å². The predicted octanol–water partition coefficient (Wildman–Crippen LogP) is 6.41. The number of aromatic nitrogens is 4. The summed E-state index contributed by atoms with van der Waals surface area (Å²) < 4.78 is 34.5. The SMILES string of the molecule is CC(C)C1CCC(Cn2cc(NC(=O)c3coc(-c4ccnc(NCC5CC5)c4)n3)c(C(F)F)n2)CC1. The number of rotatable bonds is 10. The average Bonchev–Trinajstić information content (AvgIpc) is 3.42. The van der Waals surface area contributed by atoms with Gasteiger partial charge in [-0.25, -0.2) is 18.7 Å². The normalized spacial score (nSPS) is 19.9. The number of nitrogens with zero attached hydrogens (tertiary/aromatic N) is 4. The number of carbonyl (C=O) groups is 1. The first-order valence-electron chi connectivity index (χ1n) is 13.2. The van der Waals surface area contributed by atoms with Gasteiger partial charge in [0.25, 0.3) is 12.3 Å². The molecule has 10 heteroatoms. The summed E-state index contributed by atoms with van der Waals surface area (Å²) in [6.45, 7) is 5.94. The molecule has 0 saturated heterocycles. The summed E-state index contributed by atoms with van der Waals surface area (Å²) in [5, 5.41) is 9.94. The number of alkyl halides is 2. The topological polar surface area (TPSA) is 97.9 Å². The molecule has 0 bridgehead atoms. The van der Waals surface area contributed by atoms with Crippen molar-refractivity contribution in [3.63, 3.8) is 0 Å². The second-order valence-electron chi connectivity index (χ2n) is 10.7. The second kappa shape index (κ2) is 11.0. The monoisotopic (exact) mass is 512 g/mol. The molecule has 2 N–H and O–H groups in total. The first-order chi connectivity index (χ1) is 17.9. The number of amides is 1. The number of nitrogens with one attached hydrogen (secondary N) is 2. The van der Waals surface area contributed by atoms with Crippen LogP contribution in [0.3, 0.4) is 0 Å². The van der Waals surface area contributed by atoms with Crippen LogP contribution in [0.1, 0.15) is 75.0 Å². The van der Waals surface area contributed by atoms with E-state index in [-0.39, 0.29) is 17.3 Å². The standard InChI is InChI=1S/C27H34F2N6O2/c1-16(2)19-7-5-18(6-8-19)13-35-14-21(24(34-35)25(28)29)32-26(36)22-15-37-27(33-22)20-9-10-30-23(11-20)31-12-17-3-4-17/h9-11,14-19,25H,3-8,12-13H2,1-2H3,(H,30,31)(H,32,36). The first kappa shape index (κ1) is 25.4. The van der Waals surface area contributed by atoms with Crippen LogP contribution in [0.15, 0.2) is 35.2 Å². The zero-order valence-electron chi connectivity index (χ0n) is 21.3. The fraction of sp³-hybridized carbons (Fsp3) is 0.556. The highest BCUT2D eigenvalue weighted by Gasteiger charge is 2.26. The maximum Gasteiger partial charge on any atom is 0.284 e. The lowest BCUT2D eigenvalue weighted by atomic mass is 9.77. The summed E-state index contributed by atoms with van der Waals surface area (Å²) >= 11 is 0. The fourth-order valence-corrected chi connectivity index (χ4v) is 5.02. The Labute approximate surface area is 215 Å². The summed E-state index contributed by atoms with van der Waals surface area (Å²) in [6.07, 6.45) is 8.45. The number of halogens is 2. The van der Waals surface area contributed by atoms with E-state index in [2.05, 4.69) is 39.5 Å². The molecule has 0 aromatic carbocycles. The molecular formula is C27H34F2N6O2. The number of pyridine rings is 1. The third kappa shape index (κ3) is 6.34. The van der Waals surface area contributed by atoms with Crippen molar-refractivity contribution in [1.29, 1.82) is 0 Å². The van der Waals surface area contributed by atoms with Crippen LogP contribution in [0.2, 0.25) is 0 Å². The van der Waals surface area contributed by atoms with Crippen molar-refractivity contribution in [2.24, 2.45) is 23.7 Å². The summed E-state index contributed by atoms with van der Waals surface area (Å²) in [5.41, 5.74) is 0.226. The fourth-order valence-electron chi connectivity index (χ4n) is 5.02. The lowest BCUT2D eigenvalue weighted by molar-refractivity contribution is 0.102. The van der Waals surface area contributed by atoms with Crippen LogP contribution in [0.5, 0.6) is 0 Å². The molecule has 0 unspecified atom stereocenters. The van der Waals surface area contributed by atoms with E-state index in [1.54, 1.807) is 16.9 Å². The smallest absolute Gasteiger partial charge is 0.284 e. The predicted molar refractivity (Wildman–Crippen MR) is 136 cm³/mol. The molecule has 2 fully saturated rings. The summed E-state index contributed by atoms with van der Waals surface area (Å²) in [6, 6.07) is 3.55. The Balaban J connectivity index is 1.23. The van der Waals surface area contributed by atoms with Crippen LogP contribution in [0, 0.1) is 23.7 Å². The molecule has 198 valence electrons. The minimum absolute atomic E-state index is 0.000670. The van der Waals surface area contributed by atoms with E-state index in [1.165, 1.54) is 25.3 Å². The molecule has 0 radical (unpaired) electrons. The molecule has 37 heavy (non-hydrogen) atoms. The molecule has 3 heterocycles. The van der Waals surface area contributed by atoms with Gasteiger partial charge in [-0.2, -0.15) is 5.10 Å². The van der Waals surface area contributed by atoms with E-state index in [1.807, 2.05) is 6.07 Å². The Hall–Kier alpha value is -3.30. The minimum Gasteiger partial charge on any atom is -0.444 e. The average molecular weight is 513 g/mol. The number of carbonyl (C=O) groups excluding carboxylic acids is 1. The van der Waals surface area contributed by atoms with Gasteiger partial charge in [-0.3, -0.25) is 9.48 Å². The Kier molecular flexibility index (Phi) is 7.53.